The van der Waals surface area contributed by atoms with Crippen molar-refractivity contribution in [1.82, 2.24) is 14.1 Å². The Morgan fingerprint density at radius 2 is 1.75 bits per heavy atom. The highest BCUT2D eigenvalue weighted by Crippen LogP contribution is 2.37. The SMILES string of the molecule is Cc1c(O)n(-c2ccc(SC(F)(F)F)cc2)c(=O)n1Cc1ccnc2cccc(N3CCCCC3)c12. The molecule has 4 aromatic rings. The fourth-order valence-corrected chi connectivity index (χ4v) is 5.35. The van der Waals surface area contributed by atoms with Crippen molar-refractivity contribution in [3.05, 3.63) is 76.5 Å². The summed E-state index contributed by atoms with van der Waals surface area (Å²) >= 11 is -0.228. The summed E-state index contributed by atoms with van der Waals surface area (Å²) in [5, 5.41) is 11.8. The van der Waals surface area contributed by atoms with Gasteiger partial charge in [-0.05, 0) is 86.0 Å². The number of pyridine rings is 1. The lowest BCUT2D eigenvalue weighted by Crippen LogP contribution is -2.30. The molecule has 0 radical (unpaired) electrons. The zero-order chi connectivity index (χ0) is 25.4. The molecular weight excluding hydrogens is 489 g/mol. The topological polar surface area (TPSA) is 63.3 Å². The van der Waals surface area contributed by atoms with Crippen LogP contribution < -0.4 is 10.6 Å². The molecule has 1 fully saturated rings. The first-order valence-electron chi connectivity index (χ1n) is 11.7. The lowest BCUT2D eigenvalue weighted by Gasteiger charge is -2.30. The van der Waals surface area contributed by atoms with Crippen LogP contribution in [0.4, 0.5) is 18.9 Å². The predicted molar refractivity (Wildman–Crippen MR) is 135 cm³/mol. The number of anilines is 1. The summed E-state index contributed by atoms with van der Waals surface area (Å²) in [6.45, 7) is 3.80. The second-order valence-corrected chi connectivity index (χ2v) is 9.98. The van der Waals surface area contributed by atoms with Crippen LogP contribution in [0.1, 0.15) is 30.5 Å². The summed E-state index contributed by atoms with van der Waals surface area (Å²) in [7, 11) is 0. The number of hydrogen-bond donors (Lipinski definition) is 1. The number of rotatable bonds is 5. The van der Waals surface area contributed by atoms with E-state index < -0.39 is 11.2 Å². The maximum Gasteiger partial charge on any atom is 0.446 e. The van der Waals surface area contributed by atoms with Crippen LogP contribution >= 0.6 is 11.8 Å². The van der Waals surface area contributed by atoms with Crippen LogP contribution in [0, 0.1) is 6.92 Å². The van der Waals surface area contributed by atoms with Crippen molar-refractivity contribution in [3.63, 3.8) is 0 Å². The molecule has 36 heavy (non-hydrogen) atoms. The second kappa shape index (κ2) is 9.57. The van der Waals surface area contributed by atoms with Gasteiger partial charge in [-0.1, -0.05) is 6.07 Å². The number of piperidine rings is 1. The second-order valence-electron chi connectivity index (χ2n) is 8.84. The van der Waals surface area contributed by atoms with Crippen molar-refractivity contribution in [2.24, 2.45) is 0 Å². The fraction of sp³-hybridized carbons (Fsp3) is 0.308. The van der Waals surface area contributed by atoms with E-state index in [1.54, 1.807) is 13.1 Å². The molecule has 2 aromatic heterocycles. The van der Waals surface area contributed by atoms with E-state index in [1.807, 2.05) is 18.2 Å². The number of benzene rings is 2. The number of fused-ring (bicyclic) bond motifs is 1. The monoisotopic (exact) mass is 514 g/mol. The molecule has 2 aromatic carbocycles. The predicted octanol–water partition coefficient (Wildman–Crippen LogP) is 5.85. The van der Waals surface area contributed by atoms with Gasteiger partial charge in [0.25, 0.3) is 0 Å². The van der Waals surface area contributed by atoms with E-state index in [-0.39, 0.29) is 29.1 Å². The average molecular weight is 515 g/mol. The Hall–Kier alpha value is -3.40. The number of aromatic hydroxyl groups is 1. The van der Waals surface area contributed by atoms with E-state index >= 15 is 0 Å². The first-order chi connectivity index (χ1) is 17.2. The summed E-state index contributed by atoms with van der Waals surface area (Å²) in [5.74, 6) is -0.245. The molecule has 0 unspecified atom stereocenters. The highest BCUT2D eigenvalue weighted by atomic mass is 32.2. The number of imidazole rings is 1. The standard InChI is InChI=1S/C26H25F3N4O2S/c1-17-24(34)33(19-8-10-20(11-9-19)36-26(27,28)29)25(35)32(17)16-18-12-13-30-21-6-5-7-22(23(18)21)31-14-3-2-4-15-31/h5-13,34H,2-4,14-16H2,1H3. The normalized spacial score (nSPS) is 14.5. The first kappa shape index (κ1) is 24.3. The van der Waals surface area contributed by atoms with E-state index in [2.05, 4.69) is 16.0 Å². The summed E-state index contributed by atoms with van der Waals surface area (Å²) in [5.41, 5.74) is -1.39. The van der Waals surface area contributed by atoms with Gasteiger partial charge in [0.15, 0.2) is 0 Å². The van der Waals surface area contributed by atoms with Gasteiger partial charge < -0.3 is 10.0 Å². The fourth-order valence-electron chi connectivity index (χ4n) is 4.81. The Bertz CT molecular complexity index is 1450. The molecule has 3 heterocycles. The van der Waals surface area contributed by atoms with Gasteiger partial charge in [0.2, 0.25) is 5.88 Å². The molecule has 1 aliphatic rings. The molecule has 188 valence electrons. The Morgan fingerprint density at radius 3 is 2.44 bits per heavy atom. The number of hydrogen-bond acceptors (Lipinski definition) is 5. The van der Waals surface area contributed by atoms with Crippen LogP contribution in [0.25, 0.3) is 16.6 Å². The van der Waals surface area contributed by atoms with Crippen LogP contribution in [0.2, 0.25) is 0 Å². The summed E-state index contributed by atoms with van der Waals surface area (Å²) in [6, 6.07) is 13.3. The maximum atomic E-state index is 13.4. The zero-order valence-electron chi connectivity index (χ0n) is 19.6. The largest absolute Gasteiger partial charge is 0.493 e. The number of nitrogens with zero attached hydrogens (tertiary/aromatic N) is 4. The van der Waals surface area contributed by atoms with Gasteiger partial charge in [-0.3, -0.25) is 9.55 Å². The van der Waals surface area contributed by atoms with E-state index in [4.69, 9.17) is 0 Å². The molecule has 0 spiro atoms. The molecule has 1 N–H and O–H groups in total. The summed E-state index contributed by atoms with van der Waals surface area (Å²) in [4.78, 5) is 20.3. The Balaban J connectivity index is 1.54. The van der Waals surface area contributed by atoms with Crippen LogP contribution in [0.3, 0.4) is 0 Å². The van der Waals surface area contributed by atoms with E-state index in [1.165, 1.54) is 35.3 Å². The number of halogens is 3. The van der Waals surface area contributed by atoms with Gasteiger partial charge in [-0.25, -0.2) is 9.36 Å². The lowest BCUT2D eigenvalue weighted by atomic mass is 10.0. The van der Waals surface area contributed by atoms with Crippen LogP contribution in [-0.2, 0) is 6.54 Å². The molecule has 0 saturated carbocycles. The van der Waals surface area contributed by atoms with Crippen molar-refractivity contribution < 1.29 is 18.3 Å². The van der Waals surface area contributed by atoms with Gasteiger partial charge in [-0.15, -0.1) is 0 Å². The molecule has 6 nitrogen and oxygen atoms in total. The van der Waals surface area contributed by atoms with Crippen LogP contribution in [0.5, 0.6) is 5.88 Å². The molecule has 0 aliphatic carbocycles. The van der Waals surface area contributed by atoms with E-state index in [0.29, 0.717) is 11.4 Å². The molecular formula is C26H25F3N4O2S. The van der Waals surface area contributed by atoms with Crippen molar-refractivity contribution in [2.45, 2.75) is 43.1 Å². The molecule has 5 rings (SSSR count). The quantitative estimate of drug-likeness (QED) is 0.339. The van der Waals surface area contributed by atoms with E-state index in [9.17, 15) is 23.1 Å². The van der Waals surface area contributed by atoms with Crippen LogP contribution in [0.15, 0.2) is 64.4 Å². The smallest absolute Gasteiger partial charge is 0.446 e. The first-order valence-corrected chi connectivity index (χ1v) is 12.5. The Labute approximate surface area is 210 Å². The van der Waals surface area contributed by atoms with Gasteiger partial charge >= 0.3 is 11.2 Å². The van der Waals surface area contributed by atoms with Gasteiger partial charge in [-0.2, -0.15) is 13.2 Å². The Kier molecular flexibility index (Phi) is 6.46. The molecule has 10 heteroatoms. The third kappa shape index (κ3) is 4.69. The van der Waals surface area contributed by atoms with Gasteiger partial charge in [0.05, 0.1) is 23.4 Å². The number of aromatic nitrogens is 3. The van der Waals surface area contributed by atoms with E-state index in [0.717, 1.165) is 52.7 Å². The van der Waals surface area contributed by atoms with Gasteiger partial charge in [0.1, 0.15) is 0 Å². The minimum Gasteiger partial charge on any atom is -0.493 e. The Morgan fingerprint density at radius 1 is 1.03 bits per heavy atom. The lowest BCUT2D eigenvalue weighted by molar-refractivity contribution is -0.0328. The third-order valence-electron chi connectivity index (χ3n) is 6.55. The summed E-state index contributed by atoms with van der Waals surface area (Å²) in [6.07, 6.45) is 5.18. The highest BCUT2D eigenvalue weighted by Gasteiger charge is 2.29. The molecule has 1 aliphatic heterocycles. The van der Waals surface area contributed by atoms with Crippen molar-refractivity contribution >= 4 is 28.4 Å². The molecule has 0 atom stereocenters. The highest BCUT2D eigenvalue weighted by molar-refractivity contribution is 8.00. The van der Waals surface area contributed by atoms with Crippen molar-refractivity contribution in [3.8, 4) is 11.6 Å². The van der Waals surface area contributed by atoms with Crippen LogP contribution in [-0.4, -0.2) is 37.8 Å². The number of thioether (sulfide) groups is 1. The minimum absolute atomic E-state index is 0.00319. The molecule has 0 amide bonds. The van der Waals surface area contributed by atoms with Gasteiger partial charge in [0, 0.05) is 35.3 Å². The zero-order valence-corrected chi connectivity index (χ0v) is 20.4. The molecule has 1 saturated heterocycles. The number of alkyl halides is 3. The maximum absolute atomic E-state index is 13.4. The minimum atomic E-state index is -4.40. The van der Waals surface area contributed by atoms with Crippen molar-refractivity contribution in [2.75, 3.05) is 18.0 Å². The third-order valence-corrected chi connectivity index (χ3v) is 7.29. The molecule has 0 bridgehead atoms. The average Bonchev–Trinajstić information content (AvgIpc) is 3.07. The van der Waals surface area contributed by atoms with Crippen molar-refractivity contribution in [1.29, 1.82) is 0 Å². The summed E-state index contributed by atoms with van der Waals surface area (Å²) < 4.78 is 40.6.